The molecule has 0 unspecified atom stereocenters. The van der Waals surface area contributed by atoms with Crippen molar-refractivity contribution in [3.63, 3.8) is 0 Å². The van der Waals surface area contributed by atoms with Gasteiger partial charge in [-0.05, 0) is 6.92 Å². The highest BCUT2D eigenvalue weighted by atomic mass is 16.5. The molecule has 0 heterocycles. The summed E-state index contributed by atoms with van der Waals surface area (Å²) in [5, 5.41) is 0. The second-order valence-corrected chi connectivity index (χ2v) is 3.46. The van der Waals surface area contributed by atoms with E-state index in [1.807, 2.05) is 18.2 Å². The molecule has 0 bridgehead atoms. The number of rotatable bonds is 7. The molecule has 0 saturated carbocycles. The van der Waals surface area contributed by atoms with E-state index in [4.69, 9.17) is 4.74 Å². The van der Waals surface area contributed by atoms with E-state index in [9.17, 15) is 9.59 Å². The lowest BCUT2D eigenvalue weighted by atomic mass is 10.1. The third kappa shape index (κ3) is 5.30. The van der Waals surface area contributed by atoms with Gasteiger partial charge in [0.2, 0.25) is 0 Å². The smallest absolute Gasteiger partial charge is 0.333 e. The van der Waals surface area contributed by atoms with Crippen molar-refractivity contribution in [3.8, 4) is 0 Å². The van der Waals surface area contributed by atoms with Crippen molar-refractivity contribution < 1.29 is 19.1 Å². The third-order valence-electron chi connectivity index (χ3n) is 2.13. The molecule has 0 aliphatic heterocycles. The molecule has 0 spiro atoms. The Bertz CT molecular complexity index is 409. The number of ether oxygens (including phenoxy) is 2. The van der Waals surface area contributed by atoms with Crippen LogP contribution in [0.4, 0.5) is 0 Å². The molecule has 0 fully saturated rings. The number of carbonyl (C=O) groups is 2. The zero-order valence-corrected chi connectivity index (χ0v) is 10.3. The normalized spacial score (nSPS) is 10.3. The largest absolute Gasteiger partial charge is 0.500 e. The number of carbonyl (C=O) groups excluding carboxylic acids is 2. The molecule has 0 aliphatic rings. The van der Waals surface area contributed by atoms with Gasteiger partial charge in [-0.3, -0.25) is 4.79 Å². The summed E-state index contributed by atoms with van der Waals surface area (Å²) in [6.07, 6.45) is 2.71. The number of benzene rings is 1. The Hall–Kier alpha value is -2.10. The summed E-state index contributed by atoms with van der Waals surface area (Å²) in [4.78, 5) is 22.6. The number of ketones is 1. The average Bonchev–Trinajstić information content (AvgIpc) is 2.39. The minimum Gasteiger partial charge on any atom is -0.500 e. The molecule has 96 valence electrons. The molecule has 0 amide bonds. The van der Waals surface area contributed by atoms with Crippen molar-refractivity contribution in [1.82, 2.24) is 0 Å². The number of Topliss-reactive ketones (excluding diaryl/α,β-unsaturated/α-hetero) is 1. The molecule has 0 aromatic heterocycles. The van der Waals surface area contributed by atoms with Gasteiger partial charge in [0, 0.05) is 12.0 Å². The predicted molar refractivity (Wildman–Crippen MR) is 67.1 cm³/mol. The quantitative estimate of drug-likeness (QED) is 0.244. The monoisotopic (exact) mass is 248 g/mol. The van der Waals surface area contributed by atoms with Crippen molar-refractivity contribution in [3.05, 3.63) is 48.2 Å². The molecule has 1 aromatic rings. The molecule has 4 heteroatoms. The van der Waals surface area contributed by atoms with Crippen LogP contribution in [0, 0.1) is 0 Å². The molecule has 18 heavy (non-hydrogen) atoms. The number of esters is 1. The highest BCUT2D eigenvalue weighted by molar-refractivity contribution is 5.96. The van der Waals surface area contributed by atoms with E-state index in [-0.39, 0.29) is 18.8 Å². The zero-order valence-electron chi connectivity index (χ0n) is 10.3. The van der Waals surface area contributed by atoms with Gasteiger partial charge >= 0.3 is 5.97 Å². The first-order valence-electron chi connectivity index (χ1n) is 5.77. The maximum atomic E-state index is 11.6. The van der Waals surface area contributed by atoms with Crippen LogP contribution >= 0.6 is 0 Å². The maximum Gasteiger partial charge on any atom is 0.333 e. The summed E-state index contributed by atoms with van der Waals surface area (Å²) in [6, 6.07) is 9.01. The van der Waals surface area contributed by atoms with Crippen molar-refractivity contribution in [2.24, 2.45) is 0 Å². The molecule has 1 rings (SSSR count). The lowest BCUT2D eigenvalue weighted by molar-refractivity contribution is -0.137. The van der Waals surface area contributed by atoms with Crippen LogP contribution in [0.5, 0.6) is 0 Å². The summed E-state index contributed by atoms with van der Waals surface area (Å²) in [6.45, 7) is 2.30. The van der Waals surface area contributed by atoms with Crippen LogP contribution in [-0.2, 0) is 14.3 Å². The average molecular weight is 248 g/mol. The van der Waals surface area contributed by atoms with Crippen LogP contribution < -0.4 is 0 Å². The Kier molecular flexibility index (Phi) is 6.25. The molecular weight excluding hydrogens is 232 g/mol. The predicted octanol–water partition coefficient (Wildman–Crippen LogP) is 2.35. The van der Waals surface area contributed by atoms with Gasteiger partial charge < -0.3 is 9.47 Å². The Morgan fingerprint density at radius 3 is 2.61 bits per heavy atom. The molecule has 0 aliphatic carbocycles. The number of hydrogen-bond donors (Lipinski definition) is 0. The second kappa shape index (κ2) is 8.06. The van der Waals surface area contributed by atoms with Crippen molar-refractivity contribution >= 4 is 11.8 Å². The third-order valence-corrected chi connectivity index (χ3v) is 2.13. The van der Waals surface area contributed by atoms with Crippen LogP contribution in [0.25, 0.3) is 0 Å². The van der Waals surface area contributed by atoms with E-state index in [0.717, 1.165) is 0 Å². The Morgan fingerprint density at radius 2 is 1.94 bits per heavy atom. The van der Waals surface area contributed by atoms with E-state index in [0.29, 0.717) is 12.2 Å². The highest BCUT2D eigenvalue weighted by Crippen LogP contribution is 2.02. The standard InChI is InChI=1S/C14H16O4/c1-2-18-14(16)9-11-17-10-8-13(15)12-6-4-3-5-7-12/h3-7,9,11H,2,8,10H2,1H3/b11-9+. The van der Waals surface area contributed by atoms with Gasteiger partial charge in [-0.15, -0.1) is 0 Å². The van der Waals surface area contributed by atoms with E-state index >= 15 is 0 Å². The fraction of sp³-hybridized carbons (Fsp3) is 0.286. The summed E-state index contributed by atoms with van der Waals surface area (Å²) in [5.74, 6) is -0.438. The Balaban J connectivity index is 2.22. The van der Waals surface area contributed by atoms with Crippen LogP contribution in [0.2, 0.25) is 0 Å². The van der Waals surface area contributed by atoms with Crippen LogP contribution in [0.15, 0.2) is 42.7 Å². The van der Waals surface area contributed by atoms with Crippen molar-refractivity contribution in [1.29, 1.82) is 0 Å². The SMILES string of the molecule is CCOC(=O)/C=C/OCCC(=O)c1ccccc1. The second-order valence-electron chi connectivity index (χ2n) is 3.46. The van der Waals surface area contributed by atoms with E-state index in [1.165, 1.54) is 12.3 Å². The minimum atomic E-state index is -0.452. The van der Waals surface area contributed by atoms with Gasteiger partial charge in [0.05, 0.1) is 25.6 Å². The molecule has 0 radical (unpaired) electrons. The fourth-order valence-electron chi connectivity index (χ4n) is 1.28. The van der Waals surface area contributed by atoms with E-state index in [2.05, 4.69) is 4.74 Å². The summed E-state index contributed by atoms with van der Waals surface area (Å²) >= 11 is 0. The fourth-order valence-corrected chi connectivity index (χ4v) is 1.28. The van der Waals surface area contributed by atoms with Crippen molar-refractivity contribution in [2.75, 3.05) is 13.2 Å². The van der Waals surface area contributed by atoms with Crippen LogP contribution in [-0.4, -0.2) is 25.0 Å². The minimum absolute atomic E-state index is 0.0140. The Labute approximate surface area is 106 Å². The van der Waals surface area contributed by atoms with Gasteiger partial charge in [0.1, 0.15) is 0 Å². The van der Waals surface area contributed by atoms with Crippen LogP contribution in [0.3, 0.4) is 0 Å². The van der Waals surface area contributed by atoms with Crippen LogP contribution in [0.1, 0.15) is 23.7 Å². The molecule has 1 aromatic carbocycles. The van der Waals surface area contributed by atoms with Gasteiger partial charge in [-0.2, -0.15) is 0 Å². The summed E-state index contributed by atoms with van der Waals surface area (Å²) in [5.41, 5.74) is 0.662. The molecule has 4 nitrogen and oxygen atoms in total. The lowest BCUT2D eigenvalue weighted by Gasteiger charge is -2.01. The Morgan fingerprint density at radius 1 is 1.22 bits per heavy atom. The summed E-state index contributed by atoms with van der Waals surface area (Å²) < 4.78 is 9.71. The van der Waals surface area contributed by atoms with Gasteiger partial charge in [0.25, 0.3) is 0 Å². The molecule has 0 atom stereocenters. The highest BCUT2D eigenvalue weighted by Gasteiger charge is 2.03. The maximum absolute atomic E-state index is 11.6. The number of hydrogen-bond acceptors (Lipinski definition) is 4. The first kappa shape index (κ1) is 14.0. The molecule has 0 saturated heterocycles. The lowest BCUT2D eigenvalue weighted by Crippen LogP contribution is -2.03. The van der Waals surface area contributed by atoms with E-state index in [1.54, 1.807) is 19.1 Å². The van der Waals surface area contributed by atoms with Gasteiger partial charge in [0.15, 0.2) is 5.78 Å². The van der Waals surface area contributed by atoms with Crippen molar-refractivity contribution in [2.45, 2.75) is 13.3 Å². The van der Waals surface area contributed by atoms with Gasteiger partial charge in [-0.25, -0.2) is 4.79 Å². The first-order chi connectivity index (χ1) is 8.74. The molecular formula is C14H16O4. The van der Waals surface area contributed by atoms with E-state index < -0.39 is 5.97 Å². The van der Waals surface area contributed by atoms with Gasteiger partial charge in [-0.1, -0.05) is 30.3 Å². The topological polar surface area (TPSA) is 52.6 Å². The summed E-state index contributed by atoms with van der Waals surface area (Å²) in [7, 11) is 0. The zero-order chi connectivity index (χ0) is 13.2. The first-order valence-corrected chi connectivity index (χ1v) is 5.77. The molecule has 0 N–H and O–H groups in total.